The van der Waals surface area contributed by atoms with E-state index in [1.165, 1.54) is 0 Å². The van der Waals surface area contributed by atoms with E-state index in [2.05, 4.69) is 15.6 Å². The molecule has 2 N–H and O–H groups in total. The summed E-state index contributed by atoms with van der Waals surface area (Å²) in [5, 5.41) is 6.44. The number of aromatic nitrogens is 1. The van der Waals surface area contributed by atoms with Crippen LogP contribution in [0.15, 0.2) is 18.5 Å². The van der Waals surface area contributed by atoms with E-state index >= 15 is 0 Å². The van der Waals surface area contributed by atoms with Gasteiger partial charge < -0.3 is 15.4 Å². The average molecular weight is 289 g/mol. The van der Waals surface area contributed by atoms with Crippen LogP contribution in [0, 0.1) is 24.7 Å². The molecular weight excluding hydrogens is 266 g/mol. The molecule has 114 valence electrons. The molecule has 5 heteroatoms. The van der Waals surface area contributed by atoms with Crippen molar-refractivity contribution >= 4 is 5.91 Å². The van der Waals surface area contributed by atoms with Gasteiger partial charge in [-0.3, -0.25) is 9.78 Å². The van der Waals surface area contributed by atoms with Gasteiger partial charge in [-0.2, -0.15) is 0 Å². The number of carbonyl (C=O) groups is 1. The van der Waals surface area contributed by atoms with Gasteiger partial charge in [-0.05, 0) is 57.3 Å². The molecule has 1 unspecified atom stereocenters. The lowest BCUT2D eigenvalue weighted by molar-refractivity contribution is -0.125. The third-order valence-corrected chi connectivity index (χ3v) is 4.44. The highest BCUT2D eigenvalue weighted by Gasteiger charge is 2.57. The Morgan fingerprint density at radius 1 is 1.48 bits per heavy atom. The van der Waals surface area contributed by atoms with Gasteiger partial charge in [0.15, 0.2) is 0 Å². The third-order valence-electron chi connectivity index (χ3n) is 4.44. The molecule has 0 spiro atoms. The molecule has 1 saturated carbocycles. The zero-order valence-corrected chi connectivity index (χ0v) is 12.8. The molecule has 2 fully saturated rings. The molecule has 21 heavy (non-hydrogen) atoms. The molecule has 2 aliphatic rings. The normalized spacial score (nSPS) is 27.1. The number of hydrogen-bond acceptors (Lipinski definition) is 4. The molecule has 3 atom stereocenters. The molecule has 1 aliphatic heterocycles. The first-order valence-electron chi connectivity index (χ1n) is 7.54. The maximum atomic E-state index is 12.3. The maximum Gasteiger partial charge on any atom is 0.224 e. The van der Waals surface area contributed by atoms with Crippen molar-refractivity contribution in [3.63, 3.8) is 0 Å². The van der Waals surface area contributed by atoms with Crippen molar-refractivity contribution in [3.05, 3.63) is 24.0 Å². The number of amides is 1. The molecule has 3 rings (SSSR count). The molecule has 1 aromatic heterocycles. The number of hydrogen-bond donors (Lipinski definition) is 2. The first kappa shape index (κ1) is 14.3. The minimum Gasteiger partial charge on any atom is -0.489 e. The molecule has 2 heterocycles. The molecule has 0 bridgehead atoms. The summed E-state index contributed by atoms with van der Waals surface area (Å²) in [6.07, 6.45) is 3.46. The number of ether oxygens (including phenoxy) is 1. The summed E-state index contributed by atoms with van der Waals surface area (Å²) in [5.74, 6) is 2.23. The van der Waals surface area contributed by atoms with E-state index in [4.69, 9.17) is 4.74 Å². The second kappa shape index (κ2) is 5.30. The van der Waals surface area contributed by atoms with Crippen LogP contribution in [0.1, 0.15) is 19.4 Å². The fourth-order valence-electron chi connectivity index (χ4n) is 3.12. The minimum atomic E-state index is -0.385. The van der Waals surface area contributed by atoms with E-state index in [0.29, 0.717) is 18.4 Å². The van der Waals surface area contributed by atoms with Gasteiger partial charge >= 0.3 is 0 Å². The number of carbonyl (C=O) groups excluding carboxylic acids is 1. The van der Waals surface area contributed by atoms with Crippen LogP contribution in [0.5, 0.6) is 5.75 Å². The molecule has 0 aromatic carbocycles. The summed E-state index contributed by atoms with van der Waals surface area (Å²) in [6.45, 7) is 8.37. The van der Waals surface area contributed by atoms with E-state index in [1.54, 1.807) is 12.4 Å². The predicted octanol–water partition coefficient (Wildman–Crippen LogP) is 1.13. The second-order valence-electron chi connectivity index (χ2n) is 6.81. The number of aryl methyl sites for hydroxylation is 1. The molecule has 1 saturated heterocycles. The Balaban J connectivity index is 1.52. The van der Waals surface area contributed by atoms with Crippen molar-refractivity contribution in [2.75, 3.05) is 19.7 Å². The fourth-order valence-corrected chi connectivity index (χ4v) is 3.12. The average Bonchev–Trinajstić information content (AvgIpc) is 2.92. The zero-order valence-electron chi connectivity index (χ0n) is 12.8. The third kappa shape index (κ3) is 3.02. The number of nitrogens with one attached hydrogen (secondary N) is 2. The van der Waals surface area contributed by atoms with Crippen LogP contribution in [-0.4, -0.2) is 36.1 Å². The van der Waals surface area contributed by atoms with Crippen LogP contribution in [-0.2, 0) is 4.79 Å². The summed E-state index contributed by atoms with van der Waals surface area (Å²) in [7, 11) is 0. The van der Waals surface area contributed by atoms with E-state index in [0.717, 1.165) is 24.4 Å². The van der Waals surface area contributed by atoms with Crippen molar-refractivity contribution in [3.8, 4) is 5.75 Å². The lowest BCUT2D eigenvalue weighted by atomic mass is 10.1. The molecule has 0 radical (unpaired) electrons. The molecule has 1 amide bonds. The lowest BCUT2D eigenvalue weighted by Gasteiger charge is -2.27. The van der Waals surface area contributed by atoms with Gasteiger partial charge in [-0.25, -0.2) is 0 Å². The monoisotopic (exact) mass is 289 g/mol. The summed E-state index contributed by atoms with van der Waals surface area (Å²) in [4.78, 5) is 16.4. The molecular formula is C16H23N3O2. The van der Waals surface area contributed by atoms with Crippen LogP contribution >= 0.6 is 0 Å². The molecule has 1 aliphatic carbocycles. The quantitative estimate of drug-likeness (QED) is 0.853. The van der Waals surface area contributed by atoms with Crippen molar-refractivity contribution in [1.82, 2.24) is 15.6 Å². The van der Waals surface area contributed by atoms with Gasteiger partial charge in [0.2, 0.25) is 5.91 Å². The number of piperidine rings is 1. The van der Waals surface area contributed by atoms with E-state index < -0.39 is 0 Å². The Morgan fingerprint density at radius 2 is 2.19 bits per heavy atom. The minimum absolute atomic E-state index is 0.169. The summed E-state index contributed by atoms with van der Waals surface area (Å²) in [5.41, 5.74) is 0.666. The van der Waals surface area contributed by atoms with Crippen LogP contribution < -0.4 is 15.4 Å². The first-order chi connectivity index (χ1) is 9.98. The summed E-state index contributed by atoms with van der Waals surface area (Å²) < 4.78 is 5.81. The molecule has 5 nitrogen and oxygen atoms in total. The standard InChI is InChI=1S/C16H23N3O2/c1-10-4-5-17-8-13(10)21-9-16(2,3)19-15(20)14-11-6-18-7-12(11)14/h4-5,8,11-12,14,18H,6-7,9H2,1-3H3,(H,19,20)/t11-,12+,14?. The Hall–Kier alpha value is -1.62. The van der Waals surface area contributed by atoms with Crippen LogP contribution in [0.25, 0.3) is 0 Å². The Morgan fingerprint density at radius 3 is 2.86 bits per heavy atom. The highest BCUT2D eigenvalue weighted by molar-refractivity contribution is 5.83. The Labute approximate surface area is 125 Å². The topological polar surface area (TPSA) is 63.2 Å². The highest BCUT2D eigenvalue weighted by atomic mass is 16.5. The highest BCUT2D eigenvalue weighted by Crippen LogP contribution is 2.48. The lowest BCUT2D eigenvalue weighted by Crippen LogP contribution is -2.49. The summed E-state index contributed by atoms with van der Waals surface area (Å²) >= 11 is 0. The largest absolute Gasteiger partial charge is 0.489 e. The second-order valence-corrected chi connectivity index (χ2v) is 6.81. The van der Waals surface area contributed by atoms with Gasteiger partial charge in [0.1, 0.15) is 12.4 Å². The van der Waals surface area contributed by atoms with Gasteiger partial charge in [-0.1, -0.05) is 0 Å². The van der Waals surface area contributed by atoms with Gasteiger partial charge in [0, 0.05) is 12.1 Å². The molecule has 1 aromatic rings. The first-order valence-corrected chi connectivity index (χ1v) is 7.54. The van der Waals surface area contributed by atoms with Gasteiger partial charge in [0.05, 0.1) is 11.7 Å². The van der Waals surface area contributed by atoms with E-state index in [-0.39, 0.29) is 17.4 Å². The van der Waals surface area contributed by atoms with Crippen molar-refractivity contribution in [1.29, 1.82) is 0 Å². The number of nitrogens with zero attached hydrogens (tertiary/aromatic N) is 1. The van der Waals surface area contributed by atoms with Gasteiger partial charge in [-0.15, -0.1) is 0 Å². The van der Waals surface area contributed by atoms with Crippen LogP contribution in [0.3, 0.4) is 0 Å². The summed E-state index contributed by atoms with van der Waals surface area (Å²) in [6, 6.07) is 1.92. The zero-order chi connectivity index (χ0) is 15.0. The van der Waals surface area contributed by atoms with Crippen LogP contribution in [0.4, 0.5) is 0 Å². The van der Waals surface area contributed by atoms with Crippen molar-refractivity contribution < 1.29 is 9.53 Å². The van der Waals surface area contributed by atoms with E-state index in [1.807, 2.05) is 26.8 Å². The Bertz CT molecular complexity index is 534. The number of fused-ring (bicyclic) bond motifs is 1. The van der Waals surface area contributed by atoms with E-state index in [9.17, 15) is 4.79 Å². The maximum absolute atomic E-state index is 12.3. The van der Waals surface area contributed by atoms with Crippen molar-refractivity contribution in [2.45, 2.75) is 26.3 Å². The van der Waals surface area contributed by atoms with Gasteiger partial charge in [0.25, 0.3) is 0 Å². The smallest absolute Gasteiger partial charge is 0.224 e. The SMILES string of the molecule is Cc1ccncc1OCC(C)(C)NC(=O)C1[C@H]2CNC[C@@H]12. The van der Waals surface area contributed by atoms with Crippen LogP contribution in [0.2, 0.25) is 0 Å². The Kier molecular flexibility index (Phi) is 3.61. The fraction of sp³-hybridized carbons (Fsp3) is 0.625. The predicted molar refractivity (Wildman–Crippen MR) is 80.0 cm³/mol. The number of rotatable bonds is 5. The number of pyridine rings is 1. The van der Waals surface area contributed by atoms with Crippen molar-refractivity contribution in [2.24, 2.45) is 17.8 Å².